The van der Waals surface area contributed by atoms with Crippen molar-refractivity contribution in [3.05, 3.63) is 29.8 Å². The van der Waals surface area contributed by atoms with Gasteiger partial charge in [-0.05, 0) is 38.1 Å². The van der Waals surface area contributed by atoms with Crippen molar-refractivity contribution < 1.29 is 14.3 Å². The van der Waals surface area contributed by atoms with Gasteiger partial charge in [0, 0.05) is 25.2 Å². The average Bonchev–Trinajstić information content (AvgIpc) is 2.38. The van der Waals surface area contributed by atoms with Crippen molar-refractivity contribution in [1.29, 1.82) is 0 Å². The average molecular weight is 263 g/mol. The lowest BCUT2D eigenvalue weighted by atomic mass is 10.2. The van der Waals surface area contributed by atoms with Crippen LogP contribution in [0.4, 0.5) is 0 Å². The first-order chi connectivity index (χ1) is 9.17. The fourth-order valence-electron chi connectivity index (χ4n) is 2.40. The summed E-state index contributed by atoms with van der Waals surface area (Å²) in [5, 5.41) is 0. The Morgan fingerprint density at radius 2 is 1.89 bits per heavy atom. The van der Waals surface area contributed by atoms with Crippen LogP contribution in [-0.4, -0.2) is 49.6 Å². The molecular formula is C15H21NO3. The second-order valence-corrected chi connectivity index (χ2v) is 5.05. The van der Waals surface area contributed by atoms with Crippen molar-refractivity contribution in [3.63, 3.8) is 0 Å². The van der Waals surface area contributed by atoms with Gasteiger partial charge in [0.05, 0.1) is 12.2 Å². The minimum atomic E-state index is 0.288. The van der Waals surface area contributed by atoms with Gasteiger partial charge >= 0.3 is 0 Å². The van der Waals surface area contributed by atoms with E-state index in [1.54, 1.807) is 12.1 Å². The number of ether oxygens (including phenoxy) is 2. The number of hydrogen-bond acceptors (Lipinski definition) is 4. The van der Waals surface area contributed by atoms with Crippen molar-refractivity contribution in [2.75, 3.05) is 26.2 Å². The molecule has 2 atom stereocenters. The highest BCUT2D eigenvalue weighted by atomic mass is 16.5. The standard InChI is InChI=1S/C15H21NO3/c1-12-9-16(10-13(2)19-12)7-8-18-15-5-3-14(11-17)4-6-15/h3-6,11-13H,7-10H2,1-2H3/t12-,13-/m0/s1. The van der Waals surface area contributed by atoms with E-state index in [0.29, 0.717) is 12.2 Å². The van der Waals surface area contributed by atoms with Crippen LogP contribution in [0, 0.1) is 0 Å². The highest BCUT2D eigenvalue weighted by Gasteiger charge is 2.21. The molecule has 19 heavy (non-hydrogen) atoms. The molecule has 0 spiro atoms. The number of carbonyl (C=O) groups is 1. The van der Waals surface area contributed by atoms with Gasteiger partial charge in [-0.15, -0.1) is 0 Å². The van der Waals surface area contributed by atoms with Crippen LogP contribution in [0.15, 0.2) is 24.3 Å². The van der Waals surface area contributed by atoms with Gasteiger partial charge in [-0.1, -0.05) is 0 Å². The zero-order valence-electron chi connectivity index (χ0n) is 11.5. The van der Waals surface area contributed by atoms with Crippen LogP contribution < -0.4 is 4.74 Å². The maximum absolute atomic E-state index is 10.5. The topological polar surface area (TPSA) is 38.8 Å². The first kappa shape index (κ1) is 14.0. The number of benzene rings is 1. The van der Waals surface area contributed by atoms with E-state index in [1.165, 1.54) is 0 Å². The Kier molecular flexibility index (Phi) is 4.93. The summed E-state index contributed by atoms with van der Waals surface area (Å²) in [5.41, 5.74) is 0.670. The molecule has 1 aliphatic rings. The van der Waals surface area contributed by atoms with Crippen LogP contribution in [0.5, 0.6) is 5.75 Å². The molecule has 1 aromatic rings. The van der Waals surface area contributed by atoms with Gasteiger partial charge in [-0.3, -0.25) is 9.69 Å². The Morgan fingerprint density at radius 1 is 1.26 bits per heavy atom. The van der Waals surface area contributed by atoms with Crippen LogP contribution in [0.1, 0.15) is 24.2 Å². The van der Waals surface area contributed by atoms with E-state index < -0.39 is 0 Å². The summed E-state index contributed by atoms with van der Waals surface area (Å²) < 4.78 is 11.4. The largest absolute Gasteiger partial charge is 0.492 e. The maximum Gasteiger partial charge on any atom is 0.150 e. The molecule has 4 nitrogen and oxygen atoms in total. The highest BCUT2D eigenvalue weighted by Crippen LogP contribution is 2.13. The summed E-state index contributed by atoms with van der Waals surface area (Å²) in [5.74, 6) is 0.806. The van der Waals surface area contributed by atoms with Gasteiger partial charge < -0.3 is 9.47 Å². The van der Waals surface area contributed by atoms with Crippen molar-refractivity contribution in [2.45, 2.75) is 26.1 Å². The van der Waals surface area contributed by atoms with Crippen molar-refractivity contribution in [2.24, 2.45) is 0 Å². The molecular weight excluding hydrogens is 242 g/mol. The minimum Gasteiger partial charge on any atom is -0.492 e. The van der Waals surface area contributed by atoms with E-state index in [4.69, 9.17) is 9.47 Å². The molecule has 0 saturated carbocycles. The Bertz CT molecular complexity index is 394. The second kappa shape index (κ2) is 6.68. The van der Waals surface area contributed by atoms with Gasteiger partial charge in [0.1, 0.15) is 18.6 Å². The summed E-state index contributed by atoms with van der Waals surface area (Å²) >= 11 is 0. The van der Waals surface area contributed by atoms with Gasteiger partial charge in [0.15, 0.2) is 0 Å². The summed E-state index contributed by atoms with van der Waals surface area (Å²) in [6, 6.07) is 7.19. The summed E-state index contributed by atoms with van der Waals surface area (Å²) in [6.07, 6.45) is 1.41. The molecule has 1 aromatic carbocycles. The van der Waals surface area contributed by atoms with E-state index in [-0.39, 0.29) is 12.2 Å². The van der Waals surface area contributed by atoms with Crippen LogP contribution in [0.25, 0.3) is 0 Å². The molecule has 0 N–H and O–H groups in total. The molecule has 1 fully saturated rings. The first-order valence-electron chi connectivity index (χ1n) is 6.73. The van der Waals surface area contributed by atoms with Crippen LogP contribution in [-0.2, 0) is 4.74 Å². The monoisotopic (exact) mass is 263 g/mol. The van der Waals surface area contributed by atoms with E-state index in [2.05, 4.69) is 18.7 Å². The lowest BCUT2D eigenvalue weighted by Gasteiger charge is -2.35. The molecule has 0 unspecified atom stereocenters. The SMILES string of the molecule is C[C@H]1CN(CCOc2ccc(C=O)cc2)C[C@H](C)O1. The van der Waals surface area contributed by atoms with E-state index in [9.17, 15) is 4.79 Å². The second-order valence-electron chi connectivity index (χ2n) is 5.05. The van der Waals surface area contributed by atoms with Gasteiger partial charge in [-0.2, -0.15) is 0 Å². The minimum absolute atomic E-state index is 0.288. The third-order valence-corrected chi connectivity index (χ3v) is 3.19. The molecule has 4 heteroatoms. The quantitative estimate of drug-likeness (QED) is 0.762. The molecule has 104 valence electrons. The number of carbonyl (C=O) groups excluding carboxylic acids is 1. The lowest BCUT2D eigenvalue weighted by molar-refractivity contribution is -0.0699. The van der Waals surface area contributed by atoms with Gasteiger partial charge in [0.2, 0.25) is 0 Å². The zero-order valence-corrected chi connectivity index (χ0v) is 11.5. The first-order valence-corrected chi connectivity index (χ1v) is 6.73. The van der Waals surface area contributed by atoms with Crippen LogP contribution in [0.3, 0.4) is 0 Å². The zero-order chi connectivity index (χ0) is 13.7. The Balaban J connectivity index is 1.74. The predicted octanol–water partition coefficient (Wildman–Crippen LogP) is 1.99. The van der Waals surface area contributed by atoms with E-state index in [0.717, 1.165) is 31.7 Å². The fourth-order valence-corrected chi connectivity index (χ4v) is 2.40. The molecule has 1 heterocycles. The summed E-state index contributed by atoms with van der Waals surface area (Å²) in [6.45, 7) is 7.66. The van der Waals surface area contributed by atoms with E-state index in [1.807, 2.05) is 12.1 Å². The maximum atomic E-state index is 10.5. The third kappa shape index (κ3) is 4.33. The summed E-state index contributed by atoms with van der Waals surface area (Å²) in [4.78, 5) is 12.9. The number of hydrogen-bond donors (Lipinski definition) is 0. The smallest absolute Gasteiger partial charge is 0.150 e. The molecule has 0 aliphatic carbocycles. The predicted molar refractivity (Wildman–Crippen MR) is 73.8 cm³/mol. The van der Waals surface area contributed by atoms with Crippen molar-refractivity contribution >= 4 is 6.29 Å². The number of morpholine rings is 1. The molecule has 0 radical (unpaired) electrons. The Labute approximate surface area is 114 Å². The summed E-state index contributed by atoms with van der Waals surface area (Å²) in [7, 11) is 0. The molecule has 0 aromatic heterocycles. The molecule has 0 amide bonds. The lowest BCUT2D eigenvalue weighted by Crippen LogP contribution is -2.46. The highest BCUT2D eigenvalue weighted by molar-refractivity contribution is 5.74. The van der Waals surface area contributed by atoms with Crippen molar-refractivity contribution in [3.8, 4) is 5.75 Å². The molecule has 1 aliphatic heterocycles. The Hall–Kier alpha value is -1.39. The normalized spacial score (nSPS) is 24.1. The Morgan fingerprint density at radius 3 is 2.47 bits per heavy atom. The molecule has 0 bridgehead atoms. The number of aldehydes is 1. The van der Waals surface area contributed by atoms with Gasteiger partial charge in [-0.25, -0.2) is 0 Å². The van der Waals surface area contributed by atoms with Crippen molar-refractivity contribution in [1.82, 2.24) is 4.90 Å². The number of rotatable bonds is 5. The van der Waals surface area contributed by atoms with Crippen LogP contribution in [0.2, 0.25) is 0 Å². The van der Waals surface area contributed by atoms with E-state index >= 15 is 0 Å². The molecule has 2 rings (SSSR count). The van der Waals surface area contributed by atoms with Gasteiger partial charge in [0.25, 0.3) is 0 Å². The third-order valence-electron chi connectivity index (χ3n) is 3.19. The van der Waals surface area contributed by atoms with Crippen LogP contribution >= 0.6 is 0 Å². The number of nitrogens with zero attached hydrogens (tertiary/aromatic N) is 1. The fraction of sp³-hybridized carbons (Fsp3) is 0.533. The molecule has 1 saturated heterocycles.